The van der Waals surface area contributed by atoms with Gasteiger partial charge in [0.15, 0.2) is 11.0 Å². The molecule has 1 N–H and O–H groups in total. The van der Waals surface area contributed by atoms with Gasteiger partial charge < -0.3 is 4.98 Å². The van der Waals surface area contributed by atoms with Crippen LogP contribution < -0.4 is 0 Å². The van der Waals surface area contributed by atoms with Crippen molar-refractivity contribution < 1.29 is 4.92 Å². The molecule has 0 saturated carbocycles. The average Bonchev–Trinajstić information content (AvgIpc) is 2.88. The van der Waals surface area contributed by atoms with Gasteiger partial charge in [0, 0.05) is 23.4 Å². The van der Waals surface area contributed by atoms with Gasteiger partial charge in [-0.25, -0.2) is 0 Å². The minimum atomic E-state index is -0.420. The first-order valence-corrected chi connectivity index (χ1v) is 6.99. The normalized spacial score (nSPS) is 10.6. The minimum absolute atomic E-state index is 0.0702. The molecular weight excluding hydrogens is 264 g/mol. The molecule has 0 aliphatic rings. The molecule has 0 radical (unpaired) electrons. The van der Waals surface area contributed by atoms with Gasteiger partial charge >= 0.3 is 0 Å². The van der Waals surface area contributed by atoms with E-state index >= 15 is 0 Å². The number of aromatic amines is 1. The molecule has 6 nitrogen and oxygen atoms in total. The Kier molecular flexibility index (Phi) is 4.51. The second kappa shape index (κ2) is 6.33. The van der Waals surface area contributed by atoms with Crippen molar-refractivity contribution in [2.24, 2.45) is 0 Å². The first-order chi connectivity index (χ1) is 9.20. The van der Waals surface area contributed by atoms with Crippen molar-refractivity contribution in [2.75, 3.05) is 5.75 Å². The van der Waals surface area contributed by atoms with E-state index in [-0.39, 0.29) is 5.69 Å². The van der Waals surface area contributed by atoms with E-state index in [1.807, 2.05) is 0 Å². The SMILES string of the molecule is CCCCSc1nnc(-c2ccc([N+](=O)[O-])cc2)[nH]1. The van der Waals surface area contributed by atoms with Crippen molar-refractivity contribution in [3.63, 3.8) is 0 Å². The molecule has 0 saturated heterocycles. The summed E-state index contributed by atoms with van der Waals surface area (Å²) in [6.07, 6.45) is 2.29. The molecule has 0 aliphatic carbocycles. The van der Waals surface area contributed by atoms with E-state index < -0.39 is 4.92 Å². The third-order valence-corrected chi connectivity index (χ3v) is 3.50. The smallest absolute Gasteiger partial charge is 0.269 e. The van der Waals surface area contributed by atoms with Gasteiger partial charge in [0.05, 0.1) is 4.92 Å². The molecule has 0 aliphatic heterocycles. The Morgan fingerprint density at radius 2 is 2.05 bits per heavy atom. The van der Waals surface area contributed by atoms with E-state index in [4.69, 9.17) is 0 Å². The second-order valence-electron chi connectivity index (χ2n) is 3.98. The largest absolute Gasteiger partial charge is 0.316 e. The first kappa shape index (κ1) is 13.5. The van der Waals surface area contributed by atoms with Crippen molar-refractivity contribution in [3.8, 4) is 11.4 Å². The maximum atomic E-state index is 10.6. The number of rotatable bonds is 6. The van der Waals surface area contributed by atoms with Gasteiger partial charge in [0.25, 0.3) is 5.69 Å². The number of nitrogens with one attached hydrogen (secondary N) is 1. The minimum Gasteiger partial charge on any atom is -0.316 e. The molecule has 1 aromatic carbocycles. The van der Waals surface area contributed by atoms with Crippen LogP contribution in [0.1, 0.15) is 19.8 Å². The lowest BCUT2D eigenvalue weighted by atomic mass is 10.2. The lowest BCUT2D eigenvalue weighted by molar-refractivity contribution is -0.384. The van der Waals surface area contributed by atoms with E-state index in [0.29, 0.717) is 5.82 Å². The summed E-state index contributed by atoms with van der Waals surface area (Å²) < 4.78 is 0. The Morgan fingerprint density at radius 1 is 1.32 bits per heavy atom. The third-order valence-electron chi connectivity index (χ3n) is 2.55. The highest BCUT2D eigenvalue weighted by Crippen LogP contribution is 2.22. The summed E-state index contributed by atoms with van der Waals surface area (Å²) in [6.45, 7) is 2.14. The van der Waals surface area contributed by atoms with Gasteiger partial charge in [-0.1, -0.05) is 25.1 Å². The van der Waals surface area contributed by atoms with Gasteiger partial charge in [-0.15, -0.1) is 10.2 Å². The third kappa shape index (κ3) is 3.54. The van der Waals surface area contributed by atoms with Crippen LogP contribution in [0.2, 0.25) is 0 Å². The number of unbranched alkanes of at least 4 members (excludes halogenated alkanes) is 1. The van der Waals surface area contributed by atoms with Crippen LogP contribution in [0.5, 0.6) is 0 Å². The molecule has 0 bridgehead atoms. The van der Waals surface area contributed by atoms with E-state index in [9.17, 15) is 10.1 Å². The van der Waals surface area contributed by atoms with Gasteiger partial charge in [-0.05, 0) is 18.6 Å². The summed E-state index contributed by atoms with van der Waals surface area (Å²) >= 11 is 1.63. The number of nitro benzene ring substituents is 1. The molecule has 2 rings (SSSR count). The van der Waals surface area contributed by atoms with Gasteiger partial charge in [-0.3, -0.25) is 10.1 Å². The fourth-order valence-electron chi connectivity index (χ4n) is 1.50. The second-order valence-corrected chi connectivity index (χ2v) is 5.07. The van der Waals surface area contributed by atoms with Crippen molar-refractivity contribution in [3.05, 3.63) is 34.4 Å². The van der Waals surface area contributed by atoms with Gasteiger partial charge in [0.1, 0.15) is 0 Å². The molecule has 1 heterocycles. The molecule has 2 aromatic rings. The number of thioether (sulfide) groups is 1. The standard InChI is InChI=1S/C12H14N4O2S/c1-2-3-8-19-12-13-11(14-15-12)9-4-6-10(7-5-9)16(17)18/h4-7H,2-3,8H2,1H3,(H,13,14,15). The maximum Gasteiger partial charge on any atom is 0.269 e. The molecule has 0 unspecified atom stereocenters. The Labute approximate surface area is 114 Å². The van der Waals surface area contributed by atoms with Crippen molar-refractivity contribution in [1.29, 1.82) is 0 Å². The first-order valence-electron chi connectivity index (χ1n) is 6.01. The summed E-state index contributed by atoms with van der Waals surface area (Å²) in [6, 6.07) is 6.25. The zero-order valence-corrected chi connectivity index (χ0v) is 11.3. The van der Waals surface area contributed by atoms with E-state index in [1.54, 1.807) is 23.9 Å². The number of hydrogen-bond acceptors (Lipinski definition) is 5. The van der Waals surface area contributed by atoms with Crippen molar-refractivity contribution in [1.82, 2.24) is 15.2 Å². The molecule has 19 heavy (non-hydrogen) atoms. The Morgan fingerprint density at radius 3 is 2.68 bits per heavy atom. The summed E-state index contributed by atoms with van der Waals surface area (Å²) in [5.41, 5.74) is 0.862. The molecule has 1 aromatic heterocycles. The summed E-state index contributed by atoms with van der Waals surface area (Å²) in [5.74, 6) is 1.64. The summed E-state index contributed by atoms with van der Waals surface area (Å²) in [4.78, 5) is 13.3. The predicted octanol–water partition coefficient (Wildman–Crippen LogP) is 3.27. The number of aromatic nitrogens is 3. The lowest BCUT2D eigenvalue weighted by Gasteiger charge is -1.96. The van der Waals surface area contributed by atoms with Crippen LogP contribution in [-0.2, 0) is 0 Å². The maximum absolute atomic E-state index is 10.6. The summed E-state index contributed by atoms with van der Waals surface area (Å²) in [5, 5.41) is 19.4. The Bertz CT molecular complexity index is 553. The van der Waals surface area contributed by atoms with Crippen LogP contribution in [0.4, 0.5) is 5.69 Å². The average molecular weight is 278 g/mol. The zero-order valence-electron chi connectivity index (χ0n) is 10.5. The highest BCUT2D eigenvalue weighted by Gasteiger charge is 2.08. The predicted molar refractivity (Wildman–Crippen MR) is 74.1 cm³/mol. The zero-order chi connectivity index (χ0) is 13.7. The molecule has 0 atom stereocenters. The molecule has 100 valence electrons. The number of benzene rings is 1. The summed E-state index contributed by atoms with van der Waals surface area (Å²) in [7, 11) is 0. The van der Waals surface area contributed by atoms with Crippen LogP contribution in [-0.4, -0.2) is 25.9 Å². The van der Waals surface area contributed by atoms with Crippen LogP contribution >= 0.6 is 11.8 Å². The molecule has 7 heteroatoms. The van der Waals surface area contributed by atoms with Crippen molar-refractivity contribution >= 4 is 17.4 Å². The van der Waals surface area contributed by atoms with Crippen LogP contribution in [0.15, 0.2) is 29.4 Å². The van der Waals surface area contributed by atoms with E-state index in [2.05, 4.69) is 22.1 Å². The van der Waals surface area contributed by atoms with Crippen molar-refractivity contribution in [2.45, 2.75) is 24.9 Å². The lowest BCUT2D eigenvalue weighted by Crippen LogP contribution is -1.87. The molecule has 0 spiro atoms. The highest BCUT2D eigenvalue weighted by molar-refractivity contribution is 7.99. The monoisotopic (exact) mass is 278 g/mol. The van der Waals surface area contributed by atoms with Crippen LogP contribution in [0, 0.1) is 10.1 Å². The van der Waals surface area contributed by atoms with Gasteiger partial charge in [0.2, 0.25) is 0 Å². The van der Waals surface area contributed by atoms with Crippen LogP contribution in [0.3, 0.4) is 0 Å². The molecular formula is C12H14N4O2S. The molecule has 0 fully saturated rings. The fourth-order valence-corrected chi connectivity index (χ4v) is 2.39. The number of non-ortho nitro benzene ring substituents is 1. The number of nitro groups is 1. The Hall–Kier alpha value is -1.89. The highest BCUT2D eigenvalue weighted by atomic mass is 32.2. The topological polar surface area (TPSA) is 84.7 Å². The van der Waals surface area contributed by atoms with Gasteiger partial charge in [-0.2, -0.15) is 0 Å². The molecule has 0 amide bonds. The number of nitrogens with zero attached hydrogens (tertiary/aromatic N) is 3. The van der Waals surface area contributed by atoms with Crippen LogP contribution in [0.25, 0.3) is 11.4 Å². The number of H-pyrrole nitrogens is 1. The van der Waals surface area contributed by atoms with E-state index in [1.165, 1.54) is 12.1 Å². The number of hydrogen-bond donors (Lipinski definition) is 1. The Balaban J connectivity index is 2.07. The fraction of sp³-hybridized carbons (Fsp3) is 0.333. The van der Waals surface area contributed by atoms with E-state index in [0.717, 1.165) is 29.3 Å². The quantitative estimate of drug-likeness (QED) is 0.379.